The largest absolute Gasteiger partial charge is 0.303 e. The van der Waals surface area contributed by atoms with Gasteiger partial charge in [-0.1, -0.05) is 29.8 Å². The molecule has 39 heavy (non-hydrogen) atoms. The van der Waals surface area contributed by atoms with Crippen LogP contribution in [0.5, 0.6) is 0 Å². The third-order valence-electron chi connectivity index (χ3n) is 8.60. The van der Waals surface area contributed by atoms with Crippen LogP contribution in [-0.2, 0) is 17.6 Å². The molecule has 0 bridgehead atoms. The molecule has 2 aliphatic heterocycles. The molecule has 192 valence electrons. The Kier molecular flexibility index (Phi) is 4.91. The first-order valence-corrected chi connectivity index (χ1v) is 13.6. The van der Waals surface area contributed by atoms with Gasteiger partial charge in [0.25, 0.3) is 5.56 Å². The normalized spacial score (nSPS) is 22.7. The predicted molar refractivity (Wildman–Crippen MR) is 147 cm³/mol. The Morgan fingerprint density at radius 3 is 2.72 bits per heavy atom. The number of nitrogens with zero attached hydrogens (tertiary/aromatic N) is 6. The number of pyridine rings is 1. The quantitative estimate of drug-likeness (QED) is 0.376. The minimum absolute atomic E-state index is 0.0195. The van der Waals surface area contributed by atoms with Gasteiger partial charge >= 0.3 is 0 Å². The SMILES string of the molecule is O=C1CCc2cc(C3=CN=C([C@@H]4[C@H]5C[C@H]5c5cc(-c6cc(Cl)ccc6-n6cnnn6)cc(=O)n54)C3)ccc2C1. The first kappa shape index (κ1) is 22.8. The number of benzene rings is 2. The number of aliphatic imine (C=N–C) groups is 1. The molecule has 0 radical (unpaired) electrons. The lowest BCUT2D eigenvalue weighted by molar-refractivity contribution is -0.118. The van der Waals surface area contributed by atoms with E-state index in [0.717, 1.165) is 58.6 Å². The molecule has 8 nitrogen and oxygen atoms in total. The van der Waals surface area contributed by atoms with Crippen molar-refractivity contribution in [2.75, 3.05) is 0 Å². The van der Waals surface area contributed by atoms with E-state index in [1.54, 1.807) is 16.8 Å². The van der Waals surface area contributed by atoms with Crippen LogP contribution < -0.4 is 5.56 Å². The number of carbonyl (C=O) groups excluding carboxylic acids is 1. The number of allylic oxidation sites excluding steroid dienone is 1. The van der Waals surface area contributed by atoms with Gasteiger partial charge in [0.2, 0.25) is 0 Å². The summed E-state index contributed by atoms with van der Waals surface area (Å²) in [7, 11) is 0. The second-order valence-corrected chi connectivity index (χ2v) is 11.3. The molecule has 4 heterocycles. The summed E-state index contributed by atoms with van der Waals surface area (Å²) in [5, 5.41) is 12.1. The van der Waals surface area contributed by atoms with Crippen LogP contribution in [0.4, 0.5) is 0 Å². The molecule has 2 aromatic heterocycles. The van der Waals surface area contributed by atoms with Gasteiger partial charge in [0.1, 0.15) is 12.1 Å². The Morgan fingerprint density at radius 1 is 0.923 bits per heavy atom. The third-order valence-corrected chi connectivity index (χ3v) is 8.84. The third kappa shape index (κ3) is 3.66. The Morgan fingerprint density at radius 2 is 1.85 bits per heavy atom. The zero-order valence-corrected chi connectivity index (χ0v) is 21.7. The van der Waals surface area contributed by atoms with E-state index in [9.17, 15) is 9.59 Å². The topological polar surface area (TPSA) is 95.0 Å². The summed E-state index contributed by atoms with van der Waals surface area (Å²) in [6, 6.07) is 15.7. The molecule has 0 saturated heterocycles. The number of aryl methyl sites for hydroxylation is 1. The van der Waals surface area contributed by atoms with Crippen LogP contribution in [0.2, 0.25) is 5.02 Å². The van der Waals surface area contributed by atoms with E-state index < -0.39 is 0 Å². The van der Waals surface area contributed by atoms with E-state index in [1.807, 2.05) is 22.9 Å². The van der Waals surface area contributed by atoms with Crippen LogP contribution >= 0.6 is 11.6 Å². The molecule has 4 aromatic rings. The first-order valence-electron chi connectivity index (χ1n) is 13.2. The molecule has 3 atom stereocenters. The van der Waals surface area contributed by atoms with Gasteiger partial charge in [-0.05, 0) is 81.3 Å². The molecule has 8 rings (SSSR count). The van der Waals surface area contributed by atoms with E-state index in [2.05, 4.69) is 39.8 Å². The van der Waals surface area contributed by atoms with Crippen molar-refractivity contribution < 1.29 is 4.79 Å². The summed E-state index contributed by atoms with van der Waals surface area (Å²) >= 11 is 6.36. The number of tetrazole rings is 1. The molecule has 4 aliphatic rings. The predicted octanol–water partition coefficient (Wildman–Crippen LogP) is 4.75. The molecule has 9 heteroatoms. The van der Waals surface area contributed by atoms with Crippen LogP contribution in [0.25, 0.3) is 22.4 Å². The molecule has 1 fully saturated rings. The highest BCUT2D eigenvalue weighted by atomic mass is 35.5. The van der Waals surface area contributed by atoms with E-state index in [1.165, 1.54) is 17.5 Å². The Labute approximate surface area is 228 Å². The van der Waals surface area contributed by atoms with Gasteiger partial charge in [0.15, 0.2) is 0 Å². The number of fused-ring (bicyclic) bond motifs is 4. The number of hydrogen-bond acceptors (Lipinski definition) is 6. The molecule has 0 unspecified atom stereocenters. The summed E-state index contributed by atoms with van der Waals surface area (Å²) in [4.78, 5) is 30.3. The van der Waals surface area contributed by atoms with E-state index >= 15 is 0 Å². The van der Waals surface area contributed by atoms with Crippen molar-refractivity contribution >= 4 is 28.7 Å². The van der Waals surface area contributed by atoms with Crippen molar-refractivity contribution in [2.45, 2.75) is 44.1 Å². The minimum atomic E-state index is -0.0306. The van der Waals surface area contributed by atoms with Gasteiger partial charge in [-0.15, -0.1) is 5.10 Å². The summed E-state index contributed by atoms with van der Waals surface area (Å²) in [6.07, 6.45) is 7.25. The summed E-state index contributed by atoms with van der Waals surface area (Å²) in [5.41, 5.74) is 9.21. The standard InChI is InChI=1S/C30H23ClN6O2/c31-21-4-6-27(36-15-33-34-35-36)23(12-21)19-10-28-24-13-25(24)30(37(28)29(39)11-19)26-9-20(14-32-26)17-1-2-18-8-22(38)5-3-16(18)7-17/h1-2,4,6-7,10-12,14-15,24-25,30H,3,5,8-9,13H2/t24-,25+,30+/m1/s1. The first-order chi connectivity index (χ1) is 19.0. The van der Waals surface area contributed by atoms with Crippen molar-refractivity contribution in [2.24, 2.45) is 10.9 Å². The monoisotopic (exact) mass is 534 g/mol. The van der Waals surface area contributed by atoms with Gasteiger partial charge in [-0.25, -0.2) is 0 Å². The lowest BCUT2D eigenvalue weighted by atomic mass is 9.87. The number of carbonyl (C=O) groups is 1. The van der Waals surface area contributed by atoms with Crippen molar-refractivity contribution in [3.05, 3.63) is 98.8 Å². The maximum atomic E-state index is 13.6. The summed E-state index contributed by atoms with van der Waals surface area (Å²) in [6.45, 7) is 0. The summed E-state index contributed by atoms with van der Waals surface area (Å²) < 4.78 is 3.54. The van der Waals surface area contributed by atoms with Gasteiger partial charge < -0.3 is 4.57 Å². The highest BCUT2D eigenvalue weighted by Crippen LogP contribution is 2.60. The fourth-order valence-corrected chi connectivity index (χ4v) is 6.82. The van der Waals surface area contributed by atoms with E-state index in [0.29, 0.717) is 35.5 Å². The molecule has 0 spiro atoms. The van der Waals surface area contributed by atoms with Crippen molar-refractivity contribution in [1.82, 2.24) is 24.8 Å². The number of aromatic nitrogens is 5. The number of rotatable bonds is 4. The second-order valence-electron chi connectivity index (χ2n) is 10.9. The minimum Gasteiger partial charge on any atom is -0.303 e. The van der Waals surface area contributed by atoms with Gasteiger partial charge in [-0.2, -0.15) is 4.68 Å². The Hall–Kier alpha value is -4.17. The Bertz CT molecular complexity index is 1820. The molecule has 0 N–H and O–H groups in total. The van der Waals surface area contributed by atoms with Gasteiger partial charge in [0, 0.05) is 59.4 Å². The summed E-state index contributed by atoms with van der Waals surface area (Å²) in [5.74, 6) is 1.06. The number of halogens is 1. The van der Waals surface area contributed by atoms with Crippen LogP contribution in [-0.4, -0.2) is 36.3 Å². The average molecular weight is 535 g/mol. The molecule has 2 aromatic carbocycles. The molecule has 0 amide bonds. The maximum absolute atomic E-state index is 13.6. The van der Waals surface area contributed by atoms with Crippen LogP contribution in [0, 0.1) is 5.92 Å². The van der Waals surface area contributed by atoms with Crippen molar-refractivity contribution in [3.63, 3.8) is 0 Å². The molecule has 2 aliphatic carbocycles. The number of ketones is 1. The van der Waals surface area contributed by atoms with Gasteiger partial charge in [0.05, 0.1) is 11.7 Å². The highest BCUT2D eigenvalue weighted by molar-refractivity contribution is 6.31. The lowest BCUT2D eigenvalue weighted by Crippen LogP contribution is -2.29. The zero-order chi connectivity index (χ0) is 26.2. The highest BCUT2D eigenvalue weighted by Gasteiger charge is 2.54. The molecule has 1 saturated carbocycles. The fraction of sp³-hybridized carbons (Fsp3) is 0.267. The smallest absolute Gasteiger partial charge is 0.251 e. The van der Waals surface area contributed by atoms with Gasteiger partial charge in [-0.3, -0.25) is 14.6 Å². The molecular weight excluding hydrogens is 512 g/mol. The number of hydrogen-bond donors (Lipinski definition) is 0. The average Bonchev–Trinajstić information content (AvgIpc) is 3.28. The van der Waals surface area contributed by atoms with Crippen LogP contribution in [0.1, 0.15) is 53.6 Å². The number of Topliss-reactive ketones (excluding diaryl/α,β-unsaturated/α-hetero) is 1. The van der Waals surface area contributed by atoms with Crippen molar-refractivity contribution in [3.8, 4) is 16.8 Å². The fourth-order valence-electron chi connectivity index (χ4n) is 6.65. The lowest BCUT2D eigenvalue weighted by Gasteiger charge is -2.20. The van der Waals surface area contributed by atoms with Crippen LogP contribution in [0.15, 0.2) is 70.8 Å². The molecular formula is C30H23ClN6O2. The Balaban J connectivity index is 1.11. The second kappa shape index (κ2) is 8.41. The van der Waals surface area contributed by atoms with Crippen molar-refractivity contribution in [1.29, 1.82) is 0 Å². The van der Waals surface area contributed by atoms with E-state index in [-0.39, 0.29) is 11.6 Å². The van der Waals surface area contributed by atoms with Crippen LogP contribution in [0.3, 0.4) is 0 Å². The zero-order valence-electron chi connectivity index (χ0n) is 20.9. The van der Waals surface area contributed by atoms with E-state index in [4.69, 9.17) is 16.6 Å². The maximum Gasteiger partial charge on any atom is 0.251 e.